The van der Waals surface area contributed by atoms with Crippen molar-refractivity contribution < 1.29 is 14.3 Å². The maximum atomic E-state index is 13.2. The van der Waals surface area contributed by atoms with Crippen LogP contribution in [0.2, 0.25) is 0 Å². The quantitative estimate of drug-likeness (QED) is 0.703. The van der Waals surface area contributed by atoms with E-state index in [9.17, 15) is 9.59 Å². The molecule has 2 aromatic carbocycles. The van der Waals surface area contributed by atoms with E-state index in [1.54, 1.807) is 18.9 Å². The van der Waals surface area contributed by atoms with Crippen LogP contribution in [0.15, 0.2) is 48.5 Å². The number of nitrogens with one attached hydrogen (secondary N) is 1. The third kappa shape index (κ3) is 6.63. The number of carbonyl (C=O) groups excluding carboxylic acids is 2. The Hall–Kier alpha value is -2.82. The van der Waals surface area contributed by atoms with Gasteiger partial charge in [0.15, 0.2) is 0 Å². The number of methoxy groups -OCH3 is 1. The number of hydrogen-bond donors (Lipinski definition) is 1. The normalized spacial score (nSPS) is 11.8. The fourth-order valence-corrected chi connectivity index (χ4v) is 3.04. The molecule has 5 nitrogen and oxygen atoms in total. The van der Waals surface area contributed by atoms with Crippen LogP contribution in [0.5, 0.6) is 5.75 Å². The Morgan fingerprint density at radius 2 is 1.69 bits per heavy atom. The summed E-state index contributed by atoms with van der Waals surface area (Å²) in [6.07, 6.45) is 0.268. The average molecular weight is 397 g/mol. The Morgan fingerprint density at radius 1 is 1.03 bits per heavy atom. The van der Waals surface area contributed by atoms with Gasteiger partial charge in [0.05, 0.1) is 13.5 Å². The molecule has 0 aliphatic carbocycles. The van der Waals surface area contributed by atoms with Gasteiger partial charge in [-0.2, -0.15) is 0 Å². The van der Waals surface area contributed by atoms with Gasteiger partial charge in [-0.15, -0.1) is 0 Å². The van der Waals surface area contributed by atoms with Crippen molar-refractivity contribution in [1.29, 1.82) is 0 Å². The van der Waals surface area contributed by atoms with Gasteiger partial charge in [-0.3, -0.25) is 9.59 Å². The van der Waals surface area contributed by atoms with Crippen LogP contribution < -0.4 is 10.1 Å². The van der Waals surface area contributed by atoms with Crippen molar-refractivity contribution in [2.24, 2.45) is 5.92 Å². The molecule has 0 saturated carbocycles. The third-order valence-electron chi connectivity index (χ3n) is 4.97. The molecular weight excluding hydrogens is 364 g/mol. The Kier molecular flexibility index (Phi) is 8.25. The van der Waals surface area contributed by atoms with Crippen molar-refractivity contribution in [3.05, 3.63) is 65.2 Å². The van der Waals surface area contributed by atoms with Crippen LogP contribution in [0.1, 0.15) is 37.5 Å². The molecule has 156 valence electrons. The van der Waals surface area contributed by atoms with E-state index in [1.165, 1.54) is 0 Å². The van der Waals surface area contributed by atoms with E-state index >= 15 is 0 Å². The molecule has 2 rings (SSSR count). The van der Waals surface area contributed by atoms with Crippen LogP contribution in [-0.4, -0.2) is 36.4 Å². The summed E-state index contributed by atoms with van der Waals surface area (Å²) in [6.45, 7) is 8.83. The lowest BCUT2D eigenvalue weighted by Crippen LogP contribution is -2.48. The topological polar surface area (TPSA) is 58.6 Å². The van der Waals surface area contributed by atoms with Crippen LogP contribution in [0.25, 0.3) is 0 Å². The first kappa shape index (κ1) is 22.5. The molecule has 0 unspecified atom stereocenters. The number of ether oxygens (including phenoxy) is 1. The summed E-state index contributed by atoms with van der Waals surface area (Å²) in [7, 11) is 1.62. The molecule has 5 heteroatoms. The van der Waals surface area contributed by atoms with E-state index in [1.807, 2.05) is 69.3 Å². The van der Waals surface area contributed by atoms with E-state index in [4.69, 9.17) is 4.74 Å². The molecule has 0 fully saturated rings. The van der Waals surface area contributed by atoms with Gasteiger partial charge in [0.1, 0.15) is 11.8 Å². The monoisotopic (exact) mass is 396 g/mol. The zero-order valence-corrected chi connectivity index (χ0v) is 18.1. The number of hydrogen-bond acceptors (Lipinski definition) is 3. The van der Waals surface area contributed by atoms with Gasteiger partial charge in [0.25, 0.3) is 0 Å². The molecule has 0 bridgehead atoms. The summed E-state index contributed by atoms with van der Waals surface area (Å²) in [5, 5.41) is 2.94. The first-order valence-corrected chi connectivity index (χ1v) is 10.1. The second-order valence-corrected chi connectivity index (χ2v) is 7.79. The van der Waals surface area contributed by atoms with Crippen LogP contribution in [0.3, 0.4) is 0 Å². The van der Waals surface area contributed by atoms with Gasteiger partial charge in [-0.05, 0) is 48.6 Å². The van der Waals surface area contributed by atoms with E-state index in [2.05, 4.69) is 5.32 Å². The maximum absolute atomic E-state index is 13.2. The highest BCUT2D eigenvalue weighted by molar-refractivity contribution is 5.88. The van der Waals surface area contributed by atoms with Crippen molar-refractivity contribution in [2.45, 2.75) is 46.7 Å². The van der Waals surface area contributed by atoms with Gasteiger partial charge in [-0.25, -0.2) is 0 Å². The smallest absolute Gasteiger partial charge is 0.242 e. The zero-order valence-electron chi connectivity index (χ0n) is 18.1. The molecular formula is C24H32N2O3. The lowest BCUT2D eigenvalue weighted by Gasteiger charge is -2.29. The number of nitrogens with zero attached hydrogens (tertiary/aromatic N) is 1. The molecule has 0 aliphatic rings. The Bertz CT molecular complexity index is 815. The third-order valence-corrected chi connectivity index (χ3v) is 4.97. The van der Waals surface area contributed by atoms with E-state index in [0.717, 1.165) is 22.4 Å². The van der Waals surface area contributed by atoms with Crippen molar-refractivity contribution >= 4 is 11.8 Å². The van der Waals surface area contributed by atoms with Gasteiger partial charge in [0, 0.05) is 13.1 Å². The molecule has 1 N–H and O–H groups in total. The highest BCUT2D eigenvalue weighted by Gasteiger charge is 2.26. The number of rotatable bonds is 9. The molecule has 2 aromatic rings. The van der Waals surface area contributed by atoms with Crippen LogP contribution in [-0.2, 0) is 22.6 Å². The summed E-state index contributed by atoms with van der Waals surface area (Å²) in [4.78, 5) is 27.5. The van der Waals surface area contributed by atoms with Crippen LogP contribution in [0, 0.1) is 12.8 Å². The molecule has 0 spiro atoms. The Balaban J connectivity index is 2.21. The molecule has 29 heavy (non-hydrogen) atoms. The second-order valence-electron chi connectivity index (χ2n) is 7.79. The molecule has 0 heterocycles. The summed E-state index contributed by atoms with van der Waals surface area (Å²) in [5.41, 5.74) is 3.00. The fraction of sp³-hybridized carbons (Fsp3) is 0.417. The average Bonchev–Trinajstić information content (AvgIpc) is 2.71. The number of aryl methyl sites for hydroxylation is 1. The SMILES string of the molecule is COc1ccc(CN(C(=O)Cc2ccccc2C)[C@@H](C)C(=O)NCC(C)C)cc1. The highest BCUT2D eigenvalue weighted by atomic mass is 16.5. The van der Waals surface area contributed by atoms with Crippen LogP contribution >= 0.6 is 0 Å². The van der Waals surface area contributed by atoms with Crippen molar-refractivity contribution in [3.63, 3.8) is 0 Å². The molecule has 0 saturated heterocycles. The largest absolute Gasteiger partial charge is 0.497 e. The zero-order chi connectivity index (χ0) is 21.4. The summed E-state index contributed by atoms with van der Waals surface area (Å²) < 4.78 is 5.21. The molecule has 0 radical (unpaired) electrons. The number of benzene rings is 2. The number of amides is 2. The minimum Gasteiger partial charge on any atom is -0.497 e. The van der Waals surface area contributed by atoms with Crippen molar-refractivity contribution in [3.8, 4) is 5.75 Å². The Morgan fingerprint density at radius 3 is 2.28 bits per heavy atom. The van der Waals surface area contributed by atoms with Crippen LogP contribution in [0.4, 0.5) is 0 Å². The number of carbonyl (C=O) groups is 2. The highest BCUT2D eigenvalue weighted by Crippen LogP contribution is 2.17. The lowest BCUT2D eigenvalue weighted by molar-refractivity contribution is -0.140. The molecule has 1 atom stereocenters. The molecule has 2 amide bonds. The summed E-state index contributed by atoms with van der Waals surface area (Å²) >= 11 is 0. The van der Waals surface area contributed by atoms with E-state index < -0.39 is 6.04 Å². The summed E-state index contributed by atoms with van der Waals surface area (Å²) in [5.74, 6) is 0.908. The predicted octanol–water partition coefficient (Wildman–Crippen LogP) is 3.74. The first-order chi connectivity index (χ1) is 13.8. The van der Waals surface area contributed by atoms with Gasteiger partial charge in [0.2, 0.25) is 11.8 Å². The fourth-order valence-electron chi connectivity index (χ4n) is 3.04. The predicted molar refractivity (Wildman–Crippen MR) is 116 cm³/mol. The maximum Gasteiger partial charge on any atom is 0.242 e. The van der Waals surface area contributed by atoms with Crippen molar-refractivity contribution in [2.75, 3.05) is 13.7 Å². The standard InChI is InChI=1S/C24H32N2O3/c1-17(2)15-25-24(28)19(4)26(16-20-10-12-22(29-5)13-11-20)23(27)14-21-9-7-6-8-18(21)3/h6-13,17,19H,14-16H2,1-5H3,(H,25,28)/t19-/m0/s1. The second kappa shape index (κ2) is 10.6. The minimum atomic E-state index is -0.563. The lowest BCUT2D eigenvalue weighted by atomic mass is 10.0. The van der Waals surface area contributed by atoms with Gasteiger partial charge >= 0.3 is 0 Å². The first-order valence-electron chi connectivity index (χ1n) is 10.1. The van der Waals surface area contributed by atoms with E-state index in [-0.39, 0.29) is 18.2 Å². The molecule has 0 aliphatic heterocycles. The minimum absolute atomic E-state index is 0.0673. The van der Waals surface area contributed by atoms with Gasteiger partial charge < -0.3 is 15.0 Å². The van der Waals surface area contributed by atoms with E-state index in [0.29, 0.717) is 19.0 Å². The summed E-state index contributed by atoms with van der Waals surface area (Å²) in [6, 6.07) is 14.9. The molecule has 0 aromatic heterocycles. The van der Waals surface area contributed by atoms with Crippen molar-refractivity contribution in [1.82, 2.24) is 10.2 Å². The van der Waals surface area contributed by atoms with Gasteiger partial charge in [-0.1, -0.05) is 50.2 Å². The Labute approximate surface area is 174 Å².